The van der Waals surface area contributed by atoms with Gasteiger partial charge in [-0.1, -0.05) is 97.1 Å². The molecule has 26 heavy (non-hydrogen) atoms. The summed E-state index contributed by atoms with van der Waals surface area (Å²) in [5, 5.41) is 3.56. The summed E-state index contributed by atoms with van der Waals surface area (Å²) < 4.78 is 6.86. The number of ketones is 1. The van der Waals surface area contributed by atoms with Crippen LogP contribution in [0.3, 0.4) is 0 Å². The van der Waals surface area contributed by atoms with Gasteiger partial charge in [0.1, 0.15) is 0 Å². The zero-order valence-corrected chi connectivity index (χ0v) is 15.4. The van der Waals surface area contributed by atoms with Crippen LogP contribution in [0.1, 0.15) is 6.42 Å². The lowest BCUT2D eigenvalue weighted by Crippen LogP contribution is -2.70. The first-order valence-corrected chi connectivity index (χ1v) is 10.8. The van der Waals surface area contributed by atoms with E-state index < -0.39 is 8.32 Å². The highest BCUT2D eigenvalue weighted by Gasteiger charge is 2.44. The van der Waals surface area contributed by atoms with Gasteiger partial charge in [-0.25, -0.2) is 0 Å². The van der Waals surface area contributed by atoms with Crippen LogP contribution in [-0.2, 0) is 9.22 Å². The van der Waals surface area contributed by atoms with Crippen molar-refractivity contribution in [2.75, 3.05) is 0 Å². The molecule has 0 amide bonds. The highest BCUT2D eigenvalue weighted by atomic mass is 28.4. The van der Waals surface area contributed by atoms with Gasteiger partial charge in [0.2, 0.25) is 0 Å². The van der Waals surface area contributed by atoms with E-state index in [-0.39, 0.29) is 11.9 Å². The van der Waals surface area contributed by atoms with Crippen LogP contribution in [0.4, 0.5) is 0 Å². The Morgan fingerprint density at radius 1 is 0.692 bits per heavy atom. The zero-order chi connectivity index (χ0) is 17.8. The molecule has 0 N–H and O–H groups in total. The monoisotopic (exact) mass is 356 g/mol. The van der Waals surface area contributed by atoms with E-state index in [0.717, 1.165) is 0 Å². The van der Waals surface area contributed by atoms with E-state index in [0.29, 0.717) is 6.42 Å². The van der Waals surface area contributed by atoms with E-state index in [9.17, 15) is 4.79 Å². The van der Waals surface area contributed by atoms with Crippen molar-refractivity contribution in [1.82, 2.24) is 0 Å². The Morgan fingerprint density at radius 2 is 1.12 bits per heavy atom. The molecule has 0 aromatic heterocycles. The molecular weight excluding hydrogens is 336 g/mol. The van der Waals surface area contributed by atoms with Crippen LogP contribution in [0.5, 0.6) is 0 Å². The number of benzene rings is 3. The van der Waals surface area contributed by atoms with Gasteiger partial charge in [0.05, 0.1) is 6.10 Å². The topological polar surface area (TPSA) is 26.3 Å². The molecule has 3 heteroatoms. The summed E-state index contributed by atoms with van der Waals surface area (Å²) in [4.78, 5) is 11.8. The molecule has 3 aromatic rings. The normalized spacial score (nSPS) is 16.8. The average Bonchev–Trinajstić information content (AvgIpc) is 3.13. The Labute approximate surface area is 154 Å². The molecule has 0 saturated heterocycles. The summed E-state index contributed by atoms with van der Waals surface area (Å²) >= 11 is 0. The standard InChI is InChI=1S/C23H20O2Si/c24-19-16-17-20(18-19)25-26(21-10-4-1-5-11-21,22-12-6-2-7-13-22)23-14-8-3-9-15-23/h1-17,20H,18H2. The molecule has 0 heterocycles. The molecule has 4 rings (SSSR count). The van der Waals surface area contributed by atoms with Crippen LogP contribution < -0.4 is 15.6 Å². The minimum Gasteiger partial charge on any atom is -0.397 e. The number of hydrogen-bond donors (Lipinski definition) is 0. The predicted molar refractivity (Wildman–Crippen MR) is 108 cm³/mol. The summed E-state index contributed by atoms with van der Waals surface area (Å²) in [5.41, 5.74) is 0. The van der Waals surface area contributed by atoms with Crippen molar-refractivity contribution < 1.29 is 9.22 Å². The first kappa shape index (κ1) is 16.7. The maximum Gasteiger partial charge on any atom is 0.288 e. The second kappa shape index (κ2) is 7.24. The van der Waals surface area contributed by atoms with Gasteiger partial charge in [0.25, 0.3) is 8.32 Å². The number of hydrogen-bond acceptors (Lipinski definition) is 2. The number of carbonyl (C=O) groups excluding carboxylic acids is 1. The minimum atomic E-state index is -2.72. The molecule has 2 nitrogen and oxygen atoms in total. The summed E-state index contributed by atoms with van der Waals surface area (Å²) in [5.74, 6) is 0.132. The smallest absolute Gasteiger partial charge is 0.288 e. The molecule has 0 saturated carbocycles. The van der Waals surface area contributed by atoms with Gasteiger partial charge in [-0.15, -0.1) is 0 Å². The van der Waals surface area contributed by atoms with Crippen LogP contribution in [-0.4, -0.2) is 20.2 Å². The van der Waals surface area contributed by atoms with Gasteiger partial charge in [-0.2, -0.15) is 0 Å². The van der Waals surface area contributed by atoms with Crippen molar-refractivity contribution in [3.63, 3.8) is 0 Å². The van der Waals surface area contributed by atoms with Crippen LogP contribution in [0.15, 0.2) is 103 Å². The Bertz CT molecular complexity index is 808. The molecule has 0 fully saturated rings. The summed E-state index contributed by atoms with van der Waals surface area (Å²) in [6.45, 7) is 0. The second-order valence-corrected chi connectivity index (χ2v) is 9.80. The SMILES string of the molecule is O=C1C=CC(O[Si](c2ccccc2)(c2ccccc2)c2ccccc2)C1. The molecule has 0 radical (unpaired) electrons. The number of carbonyl (C=O) groups is 1. The molecule has 128 valence electrons. The maximum absolute atomic E-state index is 11.8. The zero-order valence-electron chi connectivity index (χ0n) is 14.4. The molecule has 1 aliphatic rings. The van der Waals surface area contributed by atoms with Gasteiger partial charge < -0.3 is 4.43 Å². The molecule has 1 unspecified atom stereocenters. The van der Waals surface area contributed by atoms with Gasteiger partial charge in [0, 0.05) is 6.42 Å². The van der Waals surface area contributed by atoms with Crippen molar-refractivity contribution in [2.45, 2.75) is 12.5 Å². The van der Waals surface area contributed by atoms with Crippen molar-refractivity contribution in [1.29, 1.82) is 0 Å². The highest BCUT2D eigenvalue weighted by Crippen LogP contribution is 2.18. The molecular formula is C23H20O2Si. The number of rotatable bonds is 5. The summed E-state index contributed by atoms with van der Waals surface area (Å²) in [6, 6.07) is 31.3. The van der Waals surface area contributed by atoms with Crippen LogP contribution >= 0.6 is 0 Å². The van der Waals surface area contributed by atoms with Crippen LogP contribution in [0, 0.1) is 0 Å². The summed E-state index contributed by atoms with van der Waals surface area (Å²) in [6.07, 6.45) is 3.78. The van der Waals surface area contributed by atoms with E-state index in [1.165, 1.54) is 15.6 Å². The molecule has 0 bridgehead atoms. The Balaban J connectivity index is 1.94. The first-order chi connectivity index (χ1) is 12.8. The maximum atomic E-state index is 11.8. The molecule has 1 atom stereocenters. The van der Waals surface area contributed by atoms with Crippen molar-refractivity contribution in [3.8, 4) is 0 Å². The Morgan fingerprint density at radius 3 is 1.46 bits per heavy atom. The van der Waals surface area contributed by atoms with Gasteiger partial charge in [0.15, 0.2) is 5.78 Å². The van der Waals surface area contributed by atoms with E-state index in [1.54, 1.807) is 6.08 Å². The van der Waals surface area contributed by atoms with Crippen LogP contribution in [0.2, 0.25) is 0 Å². The Hall–Kier alpha value is -2.75. The van der Waals surface area contributed by atoms with Gasteiger partial charge in [-0.3, -0.25) is 4.79 Å². The third-order valence-corrected chi connectivity index (χ3v) is 8.86. The number of allylic oxidation sites excluding steroid dienone is 1. The third-order valence-electron chi connectivity index (χ3n) is 4.77. The quantitative estimate of drug-likeness (QED) is 0.519. The average molecular weight is 356 g/mol. The van der Waals surface area contributed by atoms with E-state index in [1.807, 2.05) is 24.3 Å². The second-order valence-electron chi connectivity index (χ2n) is 6.47. The first-order valence-electron chi connectivity index (χ1n) is 8.84. The molecule has 1 aliphatic carbocycles. The van der Waals surface area contributed by atoms with Gasteiger partial charge in [-0.05, 0) is 21.6 Å². The lowest BCUT2D eigenvalue weighted by Gasteiger charge is -2.35. The van der Waals surface area contributed by atoms with Crippen molar-refractivity contribution in [3.05, 3.63) is 103 Å². The molecule has 3 aromatic carbocycles. The highest BCUT2D eigenvalue weighted by molar-refractivity contribution is 7.07. The fourth-order valence-electron chi connectivity index (χ4n) is 3.58. The van der Waals surface area contributed by atoms with Crippen LogP contribution in [0.25, 0.3) is 0 Å². The lowest BCUT2D eigenvalue weighted by atomic mass is 10.3. The lowest BCUT2D eigenvalue weighted by molar-refractivity contribution is -0.114. The third kappa shape index (κ3) is 3.07. The Kier molecular flexibility index (Phi) is 4.65. The van der Waals surface area contributed by atoms with E-state index in [4.69, 9.17) is 4.43 Å². The molecule has 0 aliphatic heterocycles. The van der Waals surface area contributed by atoms with Crippen molar-refractivity contribution in [2.24, 2.45) is 0 Å². The van der Waals surface area contributed by atoms with E-state index in [2.05, 4.69) is 72.8 Å². The van der Waals surface area contributed by atoms with Gasteiger partial charge >= 0.3 is 0 Å². The molecule has 0 spiro atoms. The minimum absolute atomic E-state index is 0.132. The predicted octanol–water partition coefficient (Wildman–Crippen LogP) is 2.57. The van der Waals surface area contributed by atoms with Crippen molar-refractivity contribution >= 4 is 29.7 Å². The largest absolute Gasteiger partial charge is 0.397 e. The fraction of sp³-hybridized carbons (Fsp3) is 0.0870. The summed E-state index contributed by atoms with van der Waals surface area (Å²) in [7, 11) is -2.72. The van der Waals surface area contributed by atoms with E-state index >= 15 is 0 Å². The fourth-order valence-corrected chi connectivity index (χ4v) is 7.59.